The lowest BCUT2D eigenvalue weighted by Crippen LogP contribution is -2.72. The van der Waals surface area contributed by atoms with E-state index >= 15 is 4.79 Å². The van der Waals surface area contributed by atoms with Crippen molar-refractivity contribution in [3.63, 3.8) is 0 Å². The van der Waals surface area contributed by atoms with Crippen LogP contribution in [0.2, 0.25) is 0 Å². The van der Waals surface area contributed by atoms with Crippen molar-refractivity contribution in [1.29, 1.82) is 0 Å². The van der Waals surface area contributed by atoms with Gasteiger partial charge in [0.1, 0.15) is 29.5 Å². The van der Waals surface area contributed by atoms with Gasteiger partial charge in [0, 0.05) is 114 Å². The number of rotatable bonds is 16. The van der Waals surface area contributed by atoms with Gasteiger partial charge in [-0.25, -0.2) is 14.6 Å². The Morgan fingerprint density at radius 3 is 2.42 bits per heavy atom. The van der Waals surface area contributed by atoms with Gasteiger partial charge in [-0.3, -0.25) is 33.8 Å². The van der Waals surface area contributed by atoms with Gasteiger partial charge in [0.15, 0.2) is 17.7 Å². The van der Waals surface area contributed by atoms with Gasteiger partial charge in [0.2, 0.25) is 0 Å². The SMILES string of the molecule is CC[C@H]1OC(=O)[C@H](C)C(=O)[C@H](C)[C@@H](O[C@@H]2O[C@H](C)C[C@H](N(C)CCc3cn(CCN4CCN(C(=O)OC(C)(C)C)CC4)nn3)[C@H]2O)[C@](C)(OC)C[C@@H](C)C(=O)[C@@H]2C(CCCn3cnc(-c4cccnc4)c3)N3C(=O)O[C@@]1(C)[C@@H]23. The van der Waals surface area contributed by atoms with Gasteiger partial charge in [-0.2, -0.15) is 0 Å². The molecule has 5 fully saturated rings. The Morgan fingerprint density at radius 2 is 1.74 bits per heavy atom. The summed E-state index contributed by atoms with van der Waals surface area (Å²) >= 11 is 0. The molecule has 1 unspecified atom stereocenters. The third-order valence-corrected chi connectivity index (χ3v) is 17.0. The molecule has 0 aliphatic carbocycles. The highest BCUT2D eigenvalue weighted by molar-refractivity contribution is 6.00. The second-order valence-corrected chi connectivity index (χ2v) is 23.8. The number of piperazine rings is 1. The van der Waals surface area contributed by atoms with Crippen molar-refractivity contribution in [1.82, 2.24) is 49.1 Å². The minimum atomic E-state index is -1.38. The second-order valence-electron chi connectivity index (χ2n) is 23.8. The number of aliphatic hydroxyl groups is 1. The number of likely N-dealkylation sites (N-methyl/N-ethyl adjacent to an activating group) is 1. The van der Waals surface area contributed by atoms with Gasteiger partial charge in [-0.05, 0) is 99.8 Å². The van der Waals surface area contributed by atoms with E-state index in [0.717, 1.165) is 36.6 Å². The van der Waals surface area contributed by atoms with Gasteiger partial charge < -0.3 is 47.9 Å². The zero-order valence-electron chi connectivity index (χ0n) is 47.8. The molecule has 2 amide bonds. The Morgan fingerprint density at radius 1 is 1.00 bits per heavy atom. The van der Waals surface area contributed by atoms with Crippen LogP contribution >= 0.6 is 0 Å². The highest BCUT2D eigenvalue weighted by Gasteiger charge is 2.70. The molecular weight excluding hydrogens is 1000 g/mol. The van der Waals surface area contributed by atoms with Crippen LogP contribution in [-0.2, 0) is 62.3 Å². The predicted molar refractivity (Wildman–Crippen MR) is 284 cm³/mol. The van der Waals surface area contributed by atoms with Crippen molar-refractivity contribution < 1.29 is 57.5 Å². The number of cyclic esters (lactones) is 1. The van der Waals surface area contributed by atoms with Crippen molar-refractivity contribution in [2.24, 2.45) is 23.7 Å². The number of carbonyl (C=O) groups is 5. The molecule has 3 aromatic heterocycles. The number of carbonyl (C=O) groups excluding carboxylic acids is 5. The van der Waals surface area contributed by atoms with Gasteiger partial charge >= 0.3 is 18.2 Å². The monoisotopic (exact) mass is 1090 g/mol. The molecule has 1 N–H and O–H groups in total. The lowest BCUT2D eigenvalue weighted by Gasteiger charge is -2.54. The molecule has 3 aromatic rings. The van der Waals surface area contributed by atoms with Crippen LogP contribution < -0.4 is 0 Å². The van der Waals surface area contributed by atoms with Gasteiger partial charge in [-0.1, -0.05) is 26.0 Å². The average Bonchev–Trinajstić information content (AvgIpc) is 4.18. The Hall–Kier alpha value is -5.39. The summed E-state index contributed by atoms with van der Waals surface area (Å²) in [5, 5.41) is 21.0. The number of Topliss-reactive ketones (excluding diaryl/α,β-unsaturated/α-hetero) is 2. The first-order valence-electron chi connectivity index (χ1n) is 28.0. The lowest BCUT2D eigenvalue weighted by atomic mass is 9.64. The molecule has 78 heavy (non-hydrogen) atoms. The molecule has 5 aliphatic heterocycles. The Kier molecular flexibility index (Phi) is 18.2. The maximum atomic E-state index is 15.3. The molecule has 5 aliphatic rings. The van der Waals surface area contributed by atoms with Crippen LogP contribution in [0.1, 0.15) is 107 Å². The van der Waals surface area contributed by atoms with E-state index in [1.54, 1.807) is 49.3 Å². The number of aryl methyl sites for hydroxylation is 1. The molecular formula is C56H84N10O12. The number of hydrogen-bond donors (Lipinski definition) is 1. The molecule has 0 spiro atoms. The zero-order valence-corrected chi connectivity index (χ0v) is 47.8. The molecule has 8 heterocycles. The van der Waals surface area contributed by atoms with Crippen molar-refractivity contribution >= 4 is 29.7 Å². The van der Waals surface area contributed by atoms with E-state index < -0.39 is 101 Å². The molecule has 430 valence electrons. The number of methoxy groups -OCH3 is 1. The molecule has 14 atom stereocenters. The van der Waals surface area contributed by atoms with Crippen LogP contribution in [0.5, 0.6) is 0 Å². The first-order valence-corrected chi connectivity index (χ1v) is 28.0. The topological polar surface area (TPSA) is 235 Å². The number of esters is 1. The minimum absolute atomic E-state index is 0.0986. The number of aromatic nitrogens is 6. The first kappa shape index (κ1) is 58.8. The largest absolute Gasteiger partial charge is 0.458 e. The maximum absolute atomic E-state index is 15.3. The predicted octanol–water partition coefficient (Wildman–Crippen LogP) is 5.05. The quantitative estimate of drug-likeness (QED) is 0.112. The summed E-state index contributed by atoms with van der Waals surface area (Å²) in [6, 6.07) is 2.14. The van der Waals surface area contributed by atoms with Crippen molar-refractivity contribution in [3.05, 3.63) is 48.9 Å². The number of pyridine rings is 1. The molecule has 5 saturated heterocycles. The fourth-order valence-electron chi connectivity index (χ4n) is 12.5. The van der Waals surface area contributed by atoms with E-state index in [1.165, 1.54) is 14.0 Å². The van der Waals surface area contributed by atoms with Gasteiger partial charge in [-0.15, -0.1) is 5.10 Å². The number of ketones is 2. The van der Waals surface area contributed by atoms with Crippen molar-refractivity contribution in [3.8, 4) is 11.3 Å². The zero-order chi connectivity index (χ0) is 56.4. The van der Waals surface area contributed by atoms with E-state index in [0.29, 0.717) is 58.4 Å². The summed E-state index contributed by atoms with van der Waals surface area (Å²) in [6.45, 7) is 23.0. The maximum Gasteiger partial charge on any atom is 0.411 e. The number of ether oxygens (including phenoxy) is 6. The lowest BCUT2D eigenvalue weighted by molar-refractivity contribution is -0.296. The summed E-state index contributed by atoms with van der Waals surface area (Å²) in [4.78, 5) is 87.1. The highest BCUT2D eigenvalue weighted by Crippen LogP contribution is 2.52. The van der Waals surface area contributed by atoms with E-state index in [1.807, 2.05) is 82.4 Å². The fraction of sp³-hybridized carbons (Fsp3) is 0.732. The van der Waals surface area contributed by atoms with Crippen LogP contribution in [0.15, 0.2) is 43.2 Å². The highest BCUT2D eigenvalue weighted by atomic mass is 16.7. The Labute approximate surface area is 458 Å². The van der Waals surface area contributed by atoms with Crippen LogP contribution in [0.25, 0.3) is 11.3 Å². The summed E-state index contributed by atoms with van der Waals surface area (Å²) in [6.07, 6.45) is 5.91. The van der Waals surface area contributed by atoms with Crippen molar-refractivity contribution in [2.45, 2.75) is 186 Å². The second kappa shape index (κ2) is 24.1. The first-order chi connectivity index (χ1) is 36.9. The smallest absolute Gasteiger partial charge is 0.411 e. The normalized spacial score (nSPS) is 33.3. The molecule has 22 nitrogen and oxygen atoms in total. The molecule has 0 saturated carbocycles. The number of aliphatic hydroxyl groups excluding tert-OH is 1. The molecule has 0 radical (unpaired) electrons. The third-order valence-electron chi connectivity index (χ3n) is 17.0. The Bertz CT molecular complexity index is 2570. The summed E-state index contributed by atoms with van der Waals surface area (Å²) in [7, 11) is 3.44. The van der Waals surface area contributed by atoms with E-state index in [2.05, 4.69) is 30.1 Å². The number of hydrogen-bond acceptors (Lipinski definition) is 18. The third kappa shape index (κ3) is 12.6. The molecule has 8 rings (SSSR count). The minimum Gasteiger partial charge on any atom is -0.458 e. The molecule has 0 bridgehead atoms. The fourth-order valence-corrected chi connectivity index (χ4v) is 12.5. The molecule has 0 aromatic carbocycles. The van der Waals surface area contributed by atoms with Crippen LogP contribution in [0, 0.1) is 23.7 Å². The summed E-state index contributed by atoms with van der Waals surface area (Å²) < 4.78 is 41.3. The van der Waals surface area contributed by atoms with E-state index in [9.17, 15) is 24.3 Å². The van der Waals surface area contributed by atoms with Gasteiger partial charge in [0.05, 0.1) is 54.0 Å². The summed E-state index contributed by atoms with van der Waals surface area (Å²) in [5.74, 6) is -5.02. The number of amides is 2. The number of imidazole rings is 1. The summed E-state index contributed by atoms with van der Waals surface area (Å²) in [5.41, 5.74) is -0.786. The van der Waals surface area contributed by atoms with Crippen molar-refractivity contribution in [2.75, 3.05) is 53.4 Å². The van der Waals surface area contributed by atoms with Crippen LogP contribution in [0.3, 0.4) is 0 Å². The Balaban J connectivity index is 0.949. The standard InChI is InChI=1S/C56H84N10O12/c1-13-43-56(10)48-44(41(66(48)53(72)78-56)17-15-20-63-32-40(58-33-63)38-16-14-19-57-30-38)45(67)34(2)29-55(9,73-12)49(36(4)46(68)37(5)50(70)75-43)76-51-47(69)42(28-35(3)74-51)61(11)21-18-39-31-65(60-59-39)27-24-62-22-25-64(26-23-62)52(71)77-54(6,7)8/h14,16,19,30-37,41-44,47-49,51,69H,13,15,17-18,20-29H2,1-12H3/t34-,35-,36+,37-,41?,42+,43-,44+,47-,48-,49-,51+,55-,56-/m1/s1. The van der Waals surface area contributed by atoms with E-state index in [4.69, 9.17) is 28.4 Å². The molecule has 22 heteroatoms. The number of nitrogens with zero attached hydrogens (tertiary/aromatic N) is 10. The average molecular weight is 1090 g/mol. The van der Waals surface area contributed by atoms with E-state index in [-0.39, 0.29) is 30.8 Å². The van der Waals surface area contributed by atoms with Crippen LogP contribution in [0.4, 0.5) is 9.59 Å². The van der Waals surface area contributed by atoms with Crippen LogP contribution in [-0.4, -0.2) is 203 Å². The van der Waals surface area contributed by atoms with Gasteiger partial charge in [0.25, 0.3) is 0 Å².